The summed E-state index contributed by atoms with van der Waals surface area (Å²) in [5, 5.41) is 3.50. The van der Waals surface area contributed by atoms with Crippen molar-refractivity contribution in [3.05, 3.63) is 50.1 Å². The Balaban J connectivity index is 1.98. The average Bonchev–Trinajstić information content (AvgIpc) is 2.79. The van der Waals surface area contributed by atoms with Crippen LogP contribution in [-0.4, -0.2) is 13.7 Å². The first kappa shape index (κ1) is 14.1. The van der Waals surface area contributed by atoms with Crippen LogP contribution in [0.15, 0.2) is 34.1 Å². The van der Waals surface area contributed by atoms with Crippen molar-refractivity contribution in [2.24, 2.45) is 0 Å². The largest absolute Gasteiger partial charge is 0.493 e. The van der Waals surface area contributed by atoms with Gasteiger partial charge in [-0.15, -0.1) is 11.3 Å². The van der Waals surface area contributed by atoms with E-state index in [-0.39, 0.29) is 0 Å². The maximum atomic E-state index is 5.78. The van der Waals surface area contributed by atoms with Gasteiger partial charge < -0.3 is 10.1 Å². The summed E-state index contributed by atoms with van der Waals surface area (Å²) in [6.45, 7) is 2.94. The molecule has 0 saturated heterocycles. The highest BCUT2D eigenvalue weighted by molar-refractivity contribution is 9.11. The van der Waals surface area contributed by atoms with E-state index in [4.69, 9.17) is 4.74 Å². The summed E-state index contributed by atoms with van der Waals surface area (Å²) in [5.74, 6) is 1.51. The minimum absolute atomic E-state index is 0.343. The Kier molecular flexibility index (Phi) is 4.15. The van der Waals surface area contributed by atoms with Gasteiger partial charge in [0, 0.05) is 16.8 Å². The van der Waals surface area contributed by atoms with Gasteiger partial charge in [-0.3, -0.25) is 0 Å². The molecule has 0 fully saturated rings. The van der Waals surface area contributed by atoms with E-state index in [0.29, 0.717) is 12.0 Å². The van der Waals surface area contributed by atoms with Crippen LogP contribution in [0.4, 0.5) is 0 Å². The van der Waals surface area contributed by atoms with Crippen molar-refractivity contribution in [3.8, 4) is 5.75 Å². The Morgan fingerprint density at radius 2 is 2.20 bits per heavy atom. The van der Waals surface area contributed by atoms with Crippen LogP contribution in [0.25, 0.3) is 0 Å². The second-order valence-electron chi connectivity index (χ2n) is 5.15. The number of rotatable bonds is 3. The highest BCUT2D eigenvalue weighted by Crippen LogP contribution is 2.44. The predicted molar refractivity (Wildman–Crippen MR) is 87.9 cm³/mol. The van der Waals surface area contributed by atoms with Gasteiger partial charge in [0.2, 0.25) is 0 Å². The van der Waals surface area contributed by atoms with E-state index < -0.39 is 0 Å². The van der Waals surface area contributed by atoms with Crippen LogP contribution in [0.1, 0.15) is 34.4 Å². The fourth-order valence-electron chi connectivity index (χ4n) is 2.89. The number of hydrogen-bond donors (Lipinski definition) is 1. The Morgan fingerprint density at radius 3 is 2.90 bits per heavy atom. The third-order valence-corrected chi connectivity index (χ3v) is 6.12. The van der Waals surface area contributed by atoms with E-state index in [0.717, 1.165) is 18.8 Å². The Morgan fingerprint density at radius 1 is 1.40 bits per heavy atom. The van der Waals surface area contributed by atoms with Crippen molar-refractivity contribution >= 4 is 27.3 Å². The van der Waals surface area contributed by atoms with E-state index in [1.165, 1.54) is 19.8 Å². The molecule has 2 unspecified atom stereocenters. The van der Waals surface area contributed by atoms with Crippen LogP contribution in [0, 0.1) is 6.92 Å². The number of para-hydroxylation sites is 1. The molecule has 2 aromatic rings. The van der Waals surface area contributed by atoms with Crippen molar-refractivity contribution in [1.82, 2.24) is 5.32 Å². The molecule has 2 atom stereocenters. The van der Waals surface area contributed by atoms with Crippen LogP contribution in [-0.2, 0) is 0 Å². The molecule has 4 heteroatoms. The molecule has 0 bridgehead atoms. The summed E-state index contributed by atoms with van der Waals surface area (Å²) < 4.78 is 7.01. The molecule has 3 rings (SSSR count). The first-order chi connectivity index (χ1) is 9.70. The minimum Gasteiger partial charge on any atom is -0.493 e. The first-order valence-electron chi connectivity index (χ1n) is 6.85. The highest BCUT2D eigenvalue weighted by Gasteiger charge is 2.30. The van der Waals surface area contributed by atoms with Gasteiger partial charge in [-0.05, 0) is 59.6 Å². The zero-order valence-electron chi connectivity index (χ0n) is 11.7. The van der Waals surface area contributed by atoms with E-state index in [2.05, 4.69) is 52.4 Å². The molecule has 1 aliphatic rings. The molecular weight excluding hydrogens is 334 g/mol. The molecule has 0 saturated carbocycles. The molecule has 0 spiro atoms. The van der Waals surface area contributed by atoms with Crippen LogP contribution < -0.4 is 10.1 Å². The zero-order valence-corrected chi connectivity index (χ0v) is 14.1. The maximum Gasteiger partial charge on any atom is 0.122 e. The van der Waals surface area contributed by atoms with E-state index in [1.54, 1.807) is 0 Å². The summed E-state index contributed by atoms with van der Waals surface area (Å²) in [4.78, 5) is 1.39. The third-order valence-electron chi connectivity index (χ3n) is 3.90. The van der Waals surface area contributed by atoms with Crippen LogP contribution in [0.5, 0.6) is 5.75 Å². The lowest BCUT2D eigenvalue weighted by Gasteiger charge is -2.31. The monoisotopic (exact) mass is 351 g/mol. The number of nitrogens with one attached hydrogen (secondary N) is 1. The zero-order chi connectivity index (χ0) is 14.1. The van der Waals surface area contributed by atoms with Crippen LogP contribution >= 0.6 is 27.3 Å². The van der Waals surface area contributed by atoms with E-state index in [9.17, 15) is 0 Å². The molecule has 106 valence electrons. The molecule has 1 aromatic carbocycles. The second-order valence-corrected chi connectivity index (χ2v) is 7.55. The number of benzene rings is 1. The molecule has 0 amide bonds. The van der Waals surface area contributed by atoms with Gasteiger partial charge in [0.05, 0.1) is 10.4 Å². The number of thiophene rings is 1. The van der Waals surface area contributed by atoms with Crippen LogP contribution in [0.3, 0.4) is 0 Å². The lowest BCUT2D eigenvalue weighted by molar-refractivity contribution is 0.249. The van der Waals surface area contributed by atoms with Crippen molar-refractivity contribution in [3.63, 3.8) is 0 Å². The molecular formula is C16H18BrNOS. The summed E-state index contributed by atoms with van der Waals surface area (Å²) in [6, 6.07) is 11.0. The van der Waals surface area contributed by atoms with E-state index in [1.807, 2.05) is 24.5 Å². The fourth-order valence-corrected chi connectivity index (χ4v) is 4.64. The number of aryl methyl sites for hydroxylation is 1. The molecule has 2 heterocycles. The SMILES string of the molecule is CNC(c1cc(C)c(Br)s1)C1CCOc2ccccc21. The van der Waals surface area contributed by atoms with Crippen molar-refractivity contribution < 1.29 is 4.74 Å². The Hall–Kier alpha value is -0.840. The van der Waals surface area contributed by atoms with Gasteiger partial charge in [-0.1, -0.05) is 18.2 Å². The quantitative estimate of drug-likeness (QED) is 0.869. The minimum atomic E-state index is 0.343. The van der Waals surface area contributed by atoms with Gasteiger partial charge in [-0.2, -0.15) is 0 Å². The number of halogens is 1. The normalized spacial score (nSPS) is 19.2. The maximum absolute atomic E-state index is 5.78. The third kappa shape index (κ3) is 2.52. The summed E-state index contributed by atoms with van der Waals surface area (Å²) in [5.41, 5.74) is 2.63. The van der Waals surface area contributed by atoms with Gasteiger partial charge in [0.25, 0.3) is 0 Å². The summed E-state index contributed by atoms with van der Waals surface area (Å²) in [7, 11) is 2.05. The first-order valence-corrected chi connectivity index (χ1v) is 8.46. The van der Waals surface area contributed by atoms with Gasteiger partial charge in [-0.25, -0.2) is 0 Å². The molecule has 2 nitrogen and oxygen atoms in total. The predicted octanol–water partition coefficient (Wildman–Crippen LogP) is 4.65. The van der Waals surface area contributed by atoms with E-state index >= 15 is 0 Å². The Bertz CT molecular complexity index is 591. The fraction of sp³-hybridized carbons (Fsp3) is 0.375. The number of likely N-dealkylation sites (N-methyl/N-ethyl adjacent to an activating group) is 1. The topological polar surface area (TPSA) is 21.3 Å². The lowest BCUT2D eigenvalue weighted by atomic mass is 9.86. The standard InChI is InChI=1S/C16H18BrNOS/c1-10-9-14(20-16(10)17)15(18-2)12-7-8-19-13-6-4-3-5-11(12)13/h3-6,9,12,15,18H,7-8H2,1-2H3. The molecule has 1 N–H and O–H groups in total. The van der Waals surface area contributed by atoms with Crippen LogP contribution in [0.2, 0.25) is 0 Å². The molecule has 1 aromatic heterocycles. The lowest BCUT2D eigenvalue weighted by Crippen LogP contribution is -2.27. The van der Waals surface area contributed by atoms with Gasteiger partial charge in [0.15, 0.2) is 0 Å². The highest BCUT2D eigenvalue weighted by atomic mass is 79.9. The smallest absolute Gasteiger partial charge is 0.122 e. The summed E-state index contributed by atoms with van der Waals surface area (Å²) in [6.07, 6.45) is 1.05. The Labute approximate surface area is 132 Å². The number of hydrogen-bond acceptors (Lipinski definition) is 3. The number of ether oxygens (including phenoxy) is 1. The second kappa shape index (κ2) is 5.88. The number of fused-ring (bicyclic) bond motifs is 1. The van der Waals surface area contributed by atoms with Crippen molar-refractivity contribution in [1.29, 1.82) is 0 Å². The molecule has 20 heavy (non-hydrogen) atoms. The van der Waals surface area contributed by atoms with Gasteiger partial charge >= 0.3 is 0 Å². The molecule has 0 radical (unpaired) electrons. The van der Waals surface area contributed by atoms with Gasteiger partial charge in [0.1, 0.15) is 5.75 Å². The average molecular weight is 352 g/mol. The van der Waals surface area contributed by atoms with Crippen molar-refractivity contribution in [2.45, 2.75) is 25.3 Å². The molecule has 1 aliphatic heterocycles. The summed E-state index contributed by atoms with van der Waals surface area (Å²) >= 11 is 5.46. The van der Waals surface area contributed by atoms with Crippen molar-refractivity contribution in [2.75, 3.05) is 13.7 Å². The molecule has 0 aliphatic carbocycles.